The molecule has 0 spiro atoms. The molecule has 0 fully saturated rings. The van der Waals surface area contributed by atoms with Crippen molar-refractivity contribution in [1.82, 2.24) is 0 Å². The highest BCUT2D eigenvalue weighted by atomic mass is 32.2. The lowest BCUT2D eigenvalue weighted by Crippen LogP contribution is -2.20. The molecule has 36 heavy (non-hydrogen) atoms. The molecule has 4 nitrogen and oxygen atoms in total. The van der Waals surface area contributed by atoms with Gasteiger partial charge in [0.25, 0.3) is 5.91 Å². The molecule has 4 aromatic carbocycles. The minimum absolute atomic E-state index is 0.0259. The van der Waals surface area contributed by atoms with E-state index in [-0.39, 0.29) is 11.5 Å². The predicted molar refractivity (Wildman–Crippen MR) is 145 cm³/mol. The Morgan fingerprint density at radius 3 is 2.33 bits per heavy atom. The molecule has 0 saturated carbocycles. The molecule has 1 atom stereocenters. The third kappa shape index (κ3) is 6.01. The Bertz CT molecular complexity index is 1370. The fraction of sp³-hybridized carbons (Fsp3) is 0.133. The van der Waals surface area contributed by atoms with Crippen LogP contribution in [0.15, 0.2) is 102 Å². The van der Waals surface area contributed by atoms with Crippen LogP contribution in [0.4, 0.5) is 15.8 Å². The number of nitrogens with one attached hydrogen (secondary N) is 2. The Morgan fingerprint density at radius 1 is 0.861 bits per heavy atom. The Labute approximate surface area is 215 Å². The number of para-hydroxylation sites is 1. The van der Waals surface area contributed by atoms with Gasteiger partial charge >= 0.3 is 0 Å². The monoisotopic (exact) mass is 498 g/mol. The van der Waals surface area contributed by atoms with Crippen LogP contribution in [0.25, 0.3) is 0 Å². The molecule has 0 aliphatic heterocycles. The number of hydrogen-bond donors (Lipinski definition) is 2. The Kier molecular flexibility index (Phi) is 8.18. The fourth-order valence-electron chi connectivity index (χ4n) is 3.92. The van der Waals surface area contributed by atoms with Gasteiger partial charge in [-0.15, -0.1) is 11.8 Å². The first kappa shape index (κ1) is 25.2. The van der Waals surface area contributed by atoms with Gasteiger partial charge in [-0.2, -0.15) is 0 Å². The van der Waals surface area contributed by atoms with Crippen LogP contribution in [-0.4, -0.2) is 11.8 Å². The number of carbonyl (C=O) groups excluding carboxylic acids is 2. The zero-order chi connectivity index (χ0) is 25.5. The van der Waals surface area contributed by atoms with Crippen molar-refractivity contribution in [3.63, 3.8) is 0 Å². The van der Waals surface area contributed by atoms with E-state index in [1.165, 1.54) is 23.9 Å². The van der Waals surface area contributed by atoms with E-state index in [2.05, 4.69) is 17.6 Å². The summed E-state index contributed by atoms with van der Waals surface area (Å²) in [5, 5.41) is 5.38. The van der Waals surface area contributed by atoms with Gasteiger partial charge in [0.15, 0.2) is 0 Å². The standard InChI is InChI=1S/C30H27FN2O2S/c1-3-21-14-9-11-20(2)27(21)33-30(35)28(22-12-5-4-6-13-22)36-24-16-10-15-23(19-24)32-29(34)25-17-7-8-18-26(25)31/h4-19,28H,3H2,1-2H3,(H,32,34)(H,33,35). The molecule has 2 amide bonds. The lowest BCUT2D eigenvalue weighted by Gasteiger charge is -2.20. The van der Waals surface area contributed by atoms with Gasteiger partial charge in [0.1, 0.15) is 11.1 Å². The number of thioether (sulfide) groups is 1. The molecular formula is C30H27FN2O2S. The maximum absolute atomic E-state index is 14.0. The molecule has 0 aromatic heterocycles. The van der Waals surface area contributed by atoms with Crippen molar-refractivity contribution in [2.24, 2.45) is 0 Å². The first-order valence-electron chi connectivity index (χ1n) is 11.7. The van der Waals surface area contributed by atoms with E-state index in [9.17, 15) is 14.0 Å². The van der Waals surface area contributed by atoms with Gasteiger partial charge in [0.05, 0.1) is 5.56 Å². The zero-order valence-corrected chi connectivity index (χ0v) is 20.9. The highest BCUT2D eigenvalue weighted by Gasteiger charge is 2.23. The van der Waals surface area contributed by atoms with E-state index in [0.717, 1.165) is 33.7 Å². The minimum Gasteiger partial charge on any atom is -0.324 e. The van der Waals surface area contributed by atoms with E-state index < -0.39 is 17.0 Å². The molecule has 0 aliphatic rings. The minimum atomic E-state index is -0.580. The van der Waals surface area contributed by atoms with Crippen molar-refractivity contribution >= 4 is 35.0 Å². The summed E-state index contributed by atoms with van der Waals surface area (Å²) in [7, 11) is 0. The summed E-state index contributed by atoms with van der Waals surface area (Å²) in [5.74, 6) is -1.24. The number of halogens is 1. The maximum atomic E-state index is 14.0. The number of hydrogen-bond acceptors (Lipinski definition) is 3. The van der Waals surface area contributed by atoms with Crippen LogP contribution in [0.1, 0.15) is 39.2 Å². The van der Waals surface area contributed by atoms with Crippen LogP contribution in [0.3, 0.4) is 0 Å². The first-order chi connectivity index (χ1) is 17.5. The van der Waals surface area contributed by atoms with Gasteiger partial charge in [-0.05, 0) is 60.4 Å². The van der Waals surface area contributed by atoms with Crippen molar-refractivity contribution in [2.45, 2.75) is 30.4 Å². The van der Waals surface area contributed by atoms with Crippen LogP contribution in [-0.2, 0) is 11.2 Å². The molecule has 0 bridgehead atoms. The fourth-order valence-corrected chi connectivity index (χ4v) is 5.00. The van der Waals surface area contributed by atoms with Gasteiger partial charge in [-0.3, -0.25) is 9.59 Å². The van der Waals surface area contributed by atoms with Crippen molar-refractivity contribution in [3.05, 3.63) is 125 Å². The Hall–Kier alpha value is -3.90. The van der Waals surface area contributed by atoms with Gasteiger partial charge in [-0.25, -0.2) is 4.39 Å². The van der Waals surface area contributed by atoms with Crippen molar-refractivity contribution in [2.75, 3.05) is 10.6 Å². The number of anilines is 2. The molecule has 4 rings (SSSR count). The van der Waals surface area contributed by atoms with Gasteiger partial charge < -0.3 is 10.6 Å². The SMILES string of the molecule is CCc1cccc(C)c1NC(=O)C(Sc1cccc(NC(=O)c2ccccc2F)c1)c1ccccc1. The zero-order valence-electron chi connectivity index (χ0n) is 20.1. The number of benzene rings is 4. The highest BCUT2D eigenvalue weighted by molar-refractivity contribution is 8.00. The van der Waals surface area contributed by atoms with Crippen LogP contribution in [0.2, 0.25) is 0 Å². The second-order valence-corrected chi connectivity index (χ2v) is 9.50. The molecule has 0 aliphatic carbocycles. The summed E-state index contributed by atoms with van der Waals surface area (Å²) in [6.07, 6.45) is 0.810. The lowest BCUT2D eigenvalue weighted by molar-refractivity contribution is -0.115. The van der Waals surface area contributed by atoms with Crippen LogP contribution in [0.5, 0.6) is 0 Å². The second-order valence-electron chi connectivity index (χ2n) is 8.32. The van der Waals surface area contributed by atoms with Gasteiger partial charge in [0.2, 0.25) is 5.91 Å². The van der Waals surface area contributed by atoms with E-state index in [1.54, 1.807) is 30.3 Å². The number of carbonyl (C=O) groups is 2. The quantitative estimate of drug-likeness (QED) is 0.249. The molecule has 182 valence electrons. The Balaban J connectivity index is 1.58. The summed E-state index contributed by atoms with van der Waals surface area (Å²) < 4.78 is 14.0. The Morgan fingerprint density at radius 2 is 1.58 bits per heavy atom. The molecule has 2 N–H and O–H groups in total. The smallest absolute Gasteiger partial charge is 0.258 e. The largest absolute Gasteiger partial charge is 0.324 e. The van der Waals surface area contributed by atoms with Crippen LogP contribution >= 0.6 is 11.8 Å². The number of amides is 2. The maximum Gasteiger partial charge on any atom is 0.258 e. The van der Waals surface area contributed by atoms with E-state index >= 15 is 0 Å². The number of aryl methyl sites for hydroxylation is 2. The van der Waals surface area contributed by atoms with Gasteiger partial charge in [0, 0.05) is 16.3 Å². The third-order valence-electron chi connectivity index (χ3n) is 5.79. The summed E-state index contributed by atoms with van der Waals surface area (Å²) >= 11 is 1.39. The molecular weight excluding hydrogens is 471 g/mol. The normalized spacial score (nSPS) is 11.5. The van der Waals surface area contributed by atoms with Crippen molar-refractivity contribution in [1.29, 1.82) is 0 Å². The molecule has 6 heteroatoms. The average Bonchev–Trinajstić information content (AvgIpc) is 2.89. The van der Waals surface area contributed by atoms with Crippen molar-refractivity contribution in [3.8, 4) is 0 Å². The van der Waals surface area contributed by atoms with E-state index in [0.29, 0.717) is 5.69 Å². The van der Waals surface area contributed by atoms with Gasteiger partial charge in [-0.1, -0.05) is 73.7 Å². The summed E-state index contributed by atoms with van der Waals surface area (Å²) in [4.78, 5) is 26.9. The third-order valence-corrected chi connectivity index (χ3v) is 7.04. The summed E-state index contributed by atoms with van der Waals surface area (Å²) in [6, 6.07) is 28.7. The van der Waals surface area contributed by atoms with Crippen molar-refractivity contribution < 1.29 is 14.0 Å². The molecule has 0 radical (unpaired) electrons. The summed E-state index contributed by atoms with van der Waals surface area (Å²) in [5.41, 5.74) is 4.30. The van der Waals surface area contributed by atoms with E-state index in [4.69, 9.17) is 0 Å². The predicted octanol–water partition coefficient (Wildman–Crippen LogP) is 7.42. The van der Waals surface area contributed by atoms with Crippen LogP contribution < -0.4 is 10.6 Å². The first-order valence-corrected chi connectivity index (χ1v) is 12.6. The summed E-state index contributed by atoms with van der Waals surface area (Å²) in [6.45, 7) is 4.05. The molecule has 0 saturated heterocycles. The topological polar surface area (TPSA) is 58.2 Å². The lowest BCUT2D eigenvalue weighted by atomic mass is 10.1. The average molecular weight is 499 g/mol. The van der Waals surface area contributed by atoms with E-state index in [1.807, 2.05) is 61.5 Å². The molecule has 4 aromatic rings. The molecule has 1 unspecified atom stereocenters. The molecule has 0 heterocycles. The van der Waals surface area contributed by atoms with Crippen LogP contribution in [0, 0.1) is 12.7 Å². The second kappa shape index (κ2) is 11.7. The highest BCUT2D eigenvalue weighted by Crippen LogP contribution is 2.38. The number of rotatable bonds is 8.